The molecule has 2 heterocycles. The molecule has 0 fully saturated rings. The van der Waals surface area contributed by atoms with Gasteiger partial charge in [0.2, 0.25) is 5.28 Å². The fourth-order valence-corrected chi connectivity index (χ4v) is 1.16. The molecular formula is C6H5ClN4O. The Kier molecular flexibility index (Phi) is 1.41. The Morgan fingerprint density at radius 1 is 1.42 bits per heavy atom. The molecule has 0 aromatic carbocycles. The maximum atomic E-state index is 5.57. The summed E-state index contributed by atoms with van der Waals surface area (Å²) in [6, 6.07) is 0. The summed E-state index contributed by atoms with van der Waals surface area (Å²) >= 11 is 5.54. The van der Waals surface area contributed by atoms with Crippen molar-refractivity contribution in [2.75, 3.05) is 5.73 Å². The van der Waals surface area contributed by atoms with E-state index in [1.54, 1.807) is 6.92 Å². The van der Waals surface area contributed by atoms with E-state index in [9.17, 15) is 0 Å². The van der Waals surface area contributed by atoms with Crippen LogP contribution in [0.4, 0.5) is 5.82 Å². The molecule has 0 amide bonds. The van der Waals surface area contributed by atoms with Crippen molar-refractivity contribution >= 4 is 28.5 Å². The van der Waals surface area contributed by atoms with Crippen LogP contribution in [0.1, 0.15) is 5.69 Å². The van der Waals surface area contributed by atoms with E-state index in [1.807, 2.05) is 0 Å². The van der Waals surface area contributed by atoms with E-state index in [0.717, 1.165) is 0 Å². The van der Waals surface area contributed by atoms with Crippen LogP contribution in [0.3, 0.4) is 0 Å². The highest BCUT2D eigenvalue weighted by Crippen LogP contribution is 2.22. The smallest absolute Gasteiger partial charge is 0.264 e. The lowest BCUT2D eigenvalue weighted by Gasteiger charge is -1.93. The fourth-order valence-electron chi connectivity index (χ4n) is 0.993. The number of nitrogens with zero attached hydrogens (tertiary/aromatic N) is 3. The minimum absolute atomic E-state index is 0.0659. The molecule has 2 N–H and O–H groups in total. The van der Waals surface area contributed by atoms with Crippen LogP contribution in [0.2, 0.25) is 5.28 Å². The molecule has 12 heavy (non-hydrogen) atoms. The average molecular weight is 185 g/mol. The molecule has 0 aliphatic carbocycles. The summed E-state index contributed by atoms with van der Waals surface area (Å²) in [5.41, 5.74) is 6.56. The van der Waals surface area contributed by atoms with Crippen LogP contribution < -0.4 is 5.73 Å². The first kappa shape index (κ1) is 7.30. The van der Waals surface area contributed by atoms with Gasteiger partial charge in [-0.15, -0.1) is 0 Å². The minimum atomic E-state index is 0.0659. The molecule has 0 spiro atoms. The lowest BCUT2D eigenvalue weighted by atomic mass is 10.3. The van der Waals surface area contributed by atoms with Gasteiger partial charge in [-0.25, -0.2) is 4.98 Å². The van der Waals surface area contributed by atoms with Crippen molar-refractivity contribution in [2.24, 2.45) is 0 Å². The third-order valence-corrected chi connectivity index (χ3v) is 1.68. The number of anilines is 1. The zero-order chi connectivity index (χ0) is 8.72. The maximum absolute atomic E-state index is 5.57. The summed E-state index contributed by atoms with van der Waals surface area (Å²) in [4.78, 5) is 7.57. The topological polar surface area (TPSA) is 77.8 Å². The van der Waals surface area contributed by atoms with Crippen LogP contribution in [0, 0.1) is 6.92 Å². The van der Waals surface area contributed by atoms with Crippen LogP contribution in [0.25, 0.3) is 11.1 Å². The number of fused-ring (bicyclic) bond motifs is 1. The van der Waals surface area contributed by atoms with Crippen LogP contribution in [-0.2, 0) is 0 Å². The largest absolute Gasteiger partial charge is 0.383 e. The standard InChI is InChI=1S/C6H5ClN4O/c1-2-3-4(8)9-6(7)10-5(3)12-11-2/h1H3,(H2,8,9,10). The SMILES string of the molecule is Cc1noc2nc(Cl)nc(N)c12. The zero-order valence-electron chi connectivity index (χ0n) is 6.21. The monoisotopic (exact) mass is 184 g/mol. The summed E-state index contributed by atoms with van der Waals surface area (Å²) in [5, 5.41) is 4.37. The molecule has 2 rings (SSSR count). The summed E-state index contributed by atoms with van der Waals surface area (Å²) in [7, 11) is 0. The van der Waals surface area contributed by atoms with E-state index in [0.29, 0.717) is 22.6 Å². The van der Waals surface area contributed by atoms with Gasteiger partial charge in [0.05, 0.1) is 5.69 Å². The Morgan fingerprint density at radius 3 is 2.92 bits per heavy atom. The average Bonchev–Trinajstić information content (AvgIpc) is 2.31. The Hall–Kier alpha value is -1.36. The molecule has 6 heteroatoms. The molecule has 0 saturated carbocycles. The molecule has 2 aromatic heterocycles. The quantitative estimate of drug-likeness (QED) is 0.622. The second-order valence-electron chi connectivity index (χ2n) is 2.33. The highest BCUT2D eigenvalue weighted by molar-refractivity contribution is 6.28. The van der Waals surface area contributed by atoms with E-state index in [4.69, 9.17) is 21.9 Å². The molecule has 0 radical (unpaired) electrons. The first-order valence-corrected chi connectivity index (χ1v) is 3.61. The first-order chi connectivity index (χ1) is 5.68. The van der Waals surface area contributed by atoms with E-state index in [2.05, 4.69) is 15.1 Å². The second kappa shape index (κ2) is 2.31. The molecule has 0 atom stereocenters. The Balaban J connectivity index is 2.93. The lowest BCUT2D eigenvalue weighted by Crippen LogP contribution is -1.93. The van der Waals surface area contributed by atoms with Gasteiger partial charge in [0.15, 0.2) is 0 Å². The highest BCUT2D eigenvalue weighted by atomic mass is 35.5. The van der Waals surface area contributed by atoms with Gasteiger partial charge in [-0.05, 0) is 18.5 Å². The highest BCUT2D eigenvalue weighted by Gasteiger charge is 2.11. The zero-order valence-corrected chi connectivity index (χ0v) is 6.96. The Bertz CT molecular complexity index is 438. The van der Waals surface area contributed by atoms with Gasteiger partial charge in [0.1, 0.15) is 11.2 Å². The summed E-state index contributed by atoms with van der Waals surface area (Å²) < 4.78 is 4.84. The first-order valence-electron chi connectivity index (χ1n) is 3.23. The number of halogens is 1. The van der Waals surface area contributed by atoms with Crippen LogP contribution in [0.15, 0.2) is 4.52 Å². The number of nitrogens with two attached hydrogens (primary N) is 1. The molecule has 0 aliphatic heterocycles. The predicted molar refractivity (Wildman–Crippen MR) is 43.8 cm³/mol. The molecule has 2 aromatic rings. The van der Waals surface area contributed by atoms with Gasteiger partial charge >= 0.3 is 0 Å². The Labute approximate surface area is 72.5 Å². The Morgan fingerprint density at radius 2 is 2.17 bits per heavy atom. The normalized spacial score (nSPS) is 10.8. The van der Waals surface area contributed by atoms with E-state index >= 15 is 0 Å². The number of aryl methyl sites for hydroxylation is 1. The van der Waals surface area contributed by atoms with E-state index in [-0.39, 0.29) is 5.28 Å². The maximum Gasteiger partial charge on any atom is 0.264 e. The summed E-state index contributed by atoms with van der Waals surface area (Å²) in [6.07, 6.45) is 0. The van der Waals surface area contributed by atoms with Crippen molar-refractivity contribution in [3.8, 4) is 0 Å². The molecule has 0 bridgehead atoms. The van der Waals surface area contributed by atoms with Gasteiger partial charge in [-0.2, -0.15) is 4.98 Å². The van der Waals surface area contributed by atoms with Crippen molar-refractivity contribution in [2.45, 2.75) is 6.92 Å². The molecule has 0 unspecified atom stereocenters. The van der Waals surface area contributed by atoms with Crippen molar-refractivity contribution in [1.82, 2.24) is 15.1 Å². The van der Waals surface area contributed by atoms with Gasteiger partial charge in [-0.3, -0.25) is 0 Å². The van der Waals surface area contributed by atoms with Crippen molar-refractivity contribution in [1.29, 1.82) is 0 Å². The number of hydrogen-bond donors (Lipinski definition) is 1. The number of hydrogen-bond acceptors (Lipinski definition) is 5. The molecular weight excluding hydrogens is 180 g/mol. The minimum Gasteiger partial charge on any atom is -0.383 e. The van der Waals surface area contributed by atoms with Gasteiger partial charge < -0.3 is 10.3 Å². The van der Waals surface area contributed by atoms with Gasteiger partial charge in [0.25, 0.3) is 5.71 Å². The van der Waals surface area contributed by atoms with E-state index < -0.39 is 0 Å². The molecule has 5 nitrogen and oxygen atoms in total. The molecule has 62 valence electrons. The van der Waals surface area contributed by atoms with Gasteiger partial charge in [0, 0.05) is 0 Å². The van der Waals surface area contributed by atoms with E-state index in [1.165, 1.54) is 0 Å². The van der Waals surface area contributed by atoms with Crippen molar-refractivity contribution < 1.29 is 4.52 Å². The third kappa shape index (κ3) is 0.902. The lowest BCUT2D eigenvalue weighted by molar-refractivity contribution is 0.442. The third-order valence-electron chi connectivity index (χ3n) is 1.51. The molecule has 0 saturated heterocycles. The van der Waals surface area contributed by atoms with Crippen LogP contribution >= 0.6 is 11.6 Å². The van der Waals surface area contributed by atoms with Crippen LogP contribution in [-0.4, -0.2) is 15.1 Å². The number of rotatable bonds is 0. The van der Waals surface area contributed by atoms with Crippen LogP contribution in [0.5, 0.6) is 0 Å². The molecule has 0 aliphatic rings. The number of aromatic nitrogens is 3. The van der Waals surface area contributed by atoms with Gasteiger partial charge in [-0.1, -0.05) is 5.16 Å². The summed E-state index contributed by atoms with van der Waals surface area (Å²) in [6.45, 7) is 1.76. The van der Waals surface area contributed by atoms with Crippen molar-refractivity contribution in [3.63, 3.8) is 0 Å². The fraction of sp³-hybridized carbons (Fsp3) is 0.167. The number of nitrogen functional groups attached to an aromatic ring is 1. The predicted octanol–water partition coefficient (Wildman–Crippen LogP) is 1.16. The second-order valence-corrected chi connectivity index (χ2v) is 2.66. The summed E-state index contributed by atoms with van der Waals surface area (Å²) in [5.74, 6) is 0.295. The van der Waals surface area contributed by atoms with Crippen molar-refractivity contribution in [3.05, 3.63) is 11.0 Å².